The summed E-state index contributed by atoms with van der Waals surface area (Å²) >= 11 is 5.81. The first kappa shape index (κ1) is 20.1. The number of carbonyl (C=O) groups excluding carboxylic acids is 3. The van der Waals surface area contributed by atoms with Crippen LogP contribution in [0.3, 0.4) is 0 Å². The largest absolute Gasteiger partial charge is 0.456 e. The zero-order valence-electron chi connectivity index (χ0n) is 14.4. The number of nitrogens with one attached hydrogen (secondary N) is 2. The van der Waals surface area contributed by atoms with Gasteiger partial charge in [-0.3, -0.25) is 14.4 Å². The highest BCUT2D eigenvalue weighted by molar-refractivity contribution is 6.32. The monoisotopic (exact) mass is 387 g/mol. The van der Waals surface area contributed by atoms with E-state index in [-0.39, 0.29) is 24.0 Å². The van der Waals surface area contributed by atoms with Crippen LogP contribution >= 0.6 is 11.6 Å². The van der Waals surface area contributed by atoms with Crippen molar-refractivity contribution < 1.29 is 19.1 Å². The first-order valence-corrected chi connectivity index (χ1v) is 8.49. The van der Waals surface area contributed by atoms with Crippen LogP contribution in [0.4, 0.5) is 5.69 Å². The molecule has 1 aromatic carbocycles. The van der Waals surface area contributed by atoms with E-state index in [1.165, 1.54) is 12.3 Å². The summed E-state index contributed by atoms with van der Waals surface area (Å²) in [5, 5.41) is 5.19. The number of carbonyl (C=O) groups is 3. The molecule has 0 aliphatic heterocycles. The molecule has 140 valence electrons. The molecule has 2 aromatic rings. The lowest BCUT2D eigenvalue weighted by molar-refractivity contribution is -0.147. The van der Waals surface area contributed by atoms with Crippen LogP contribution in [0.1, 0.15) is 12.0 Å². The molecule has 0 atom stereocenters. The highest BCUT2D eigenvalue weighted by Crippen LogP contribution is 2.17. The summed E-state index contributed by atoms with van der Waals surface area (Å²) in [7, 11) is 0. The fourth-order valence-electron chi connectivity index (χ4n) is 1.97. The number of nitrogens with zero attached hydrogens (tertiary/aromatic N) is 1. The molecule has 7 nitrogen and oxygen atoms in total. The molecule has 0 aliphatic carbocycles. The number of halogens is 1. The summed E-state index contributed by atoms with van der Waals surface area (Å²) in [5.41, 5.74) is 1.23. The molecule has 0 radical (unpaired) electrons. The standard InChI is InChI=1S/C19H18ClN3O4/c20-19-15(7-4-11-22-19)23-17(25)13-27-18(26)10-12-21-16(24)9-8-14-5-2-1-3-6-14/h1-9,11H,10,12-13H2,(H,21,24)(H,23,25)/b9-8+. The van der Waals surface area contributed by atoms with Crippen molar-refractivity contribution in [2.75, 3.05) is 18.5 Å². The molecule has 2 rings (SSSR count). The van der Waals surface area contributed by atoms with Gasteiger partial charge >= 0.3 is 5.97 Å². The third-order valence-electron chi connectivity index (χ3n) is 3.25. The summed E-state index contributed by atoms with van der Waals surface area (Å²) in [6.07, 6.45) is 4.49. The smallest absolute Gasteiger partial charge is 0.308 e. The number of hydrogen-bond donors (Lipinski definition) is 2. The van der Waals surface area contributed by atoms with Gasteiger partial charge in [-0.1, -0.05) is 41.9 Å². The van der Waals surface area contributed by atoms with Gasteiger partial charge in [0.25, 0.3) is 5.91 Å². The molecular formula is C19H18ClN3O4. The van der Waals surface area contributed by atoms with Crippen molar-refractivity contribution in [3.05, 3.63) is 65.5 Å². The van der Waals surface area contributed by atoms with Crippen molar-refractivity contribution in [3.63, 3.8) is 0 Å². The van der Waals surface area contributed by atoms with Crippen LogP contribution in [-0.2, 0) is 19.1 Å². The summed E-state index contributed by atoms with van der Waals surface area (Å²) in [6.45, 7) is -0.348. The van der Waals surface area contributed by atoms with Crippen molar-refractivity contribution in [1.82, 2.24) is 10.3 Å². The molecule has 1 aromatic heterocycles. The number of pyridine rings is 1. The molecule has 0 saturated heterocycles. The maximum atomic E-state index is 11.7. The lowest BCUT2D eigenvalue weighted by Crippen LogP contribution is -2.26. The second-order valence-electron chi connectivity index (χ2n) is 5.34. The van der Waals surface area contributed by atoms with Gasteiger partial charge < -0.3 is 15.4 Å². The van der Waals surface area contributed by atoms with E-state index < -0.39 is 18.5 Å². The highest BCUT2D eigenvalue weighted by Gasteiger charge is 2.10. The van der Waals surface area contributed by atoms with Gasteiger partial charge in [0.2, 0.25) is 5.91 Å². The van der Waals surface area contributed by atoms with Crippen LogP contribution in [-0.4, -0.2) is 35.9 Å². The van der Waals surface area contributed by atoms with Crippen LogP contribution < -0.4 is 10.6 Å². The number of amides is 2. The van der Waals surface area contributed by atoms with E-state index in [9.17, 15) is 14.4 Å². The Morgan fingerprint density at radius 2 is 1.89 bits per heavy atom. The molecule has 1 heterocycles. The Morgan fingerprint density at radius 1 is 1.11 bits per heavy atom. The Bertz CT molecular complexity index is 825. The van der Waals surface area contributed by atoms with E-state index in [1.807, 2.05) is 30.3 Å². The van der Waals surface area contributed by atoms with Crippen LogP contribution in [0.5, 0.6) is 0 Å². The first-order chi connectivity index (χ1) is 13.0. The lowest BCUT2D eigenvalue weighted by Gasteiger charge is -2.07. The van der Waals surface area contributed by atoms with Crippen LogP contribution in [0.15, 0.2) is 54.7 Å². The summed E-state index contributed by atoms with van der Waals surface area (Å²) in [4.78, 5) is 38.8. The average molecular weight is 388 g/mol. The van der Waals surface area contributed by atoms with Crippen LogP contribution in [0.25, 0.3) is 6.08 Å². The fourth-order valence-corrected chi connectivity index (χ4v) is 2.13. The van der Waals surface area contributed by atoms with E-state index in [0.29, 0.717) is 5.69 Å². The van der Waals surface area contributed by atoms with Gasteiger partial charge in [0, 0.05) is 18.8 Å². The van der Waals surface area contributed by atoms with Crippen molar-refractivity contribution in [3.8, 4) is 0 Å². The second kappa shape index (κ2) is 10.7. The quantitative estimate of drug-likeness (QED) is 0.412. The van der Waals surface area contributed by atoms with Crippen LogP contribution in [0.2, 0.25) is 5.15 Å². The van der Waals surface area contributed by atoms with E-state index in [4.69, 9.17) is 16.3 Å². The van der Waals surface area contributed by atoms with Gasteiger partial charge in [0.1, 0.15) is 0 Å². The predicted molar refractivity (Wildman–Crippen MR) is 102 cm³/mol. The van der Waals surface area contributed by atoms with E-state index in [2.05, 4.69) is 15.6 Å². The van der Waals surface area contributed by atoms with Gasteiger partial charge in [0.15, 0.2) is 11.8 Å². The van der Waals surface area contributed by atoms with Crippen molar-refractivity contribution in [1.29, 1.82) is 0 Å². The number of benzene rings is 1. The number of hydrogen-bond acceptors (Lipinski definition) is 5. The number of aromatic nitrogens is 1. The Kier molecular flexibility index (Phi) is 7.99. The zero-order valence-corrected chi connectivity index (χ0v) is 15.1. The second-order valence-corrected chi connectivity index (χ2v) is 5.69. The molecule has 2 amide bonds. The van der Waals surface area contributed by atoms with Gasteiger partial charge in [-0.05, 0) is 23.8 Å². The molecule has 27 heavy (non-hydrogen) atoms. The Morgan fingerprint density at radius 3 is 2.63 bits per heavy atom. The van der Waals surface area contributed by atoms with Gasteiger partial charge in [-0.25, -0.2) is 4.98 Å². The van der Waals surface area contributed by atoms with Gasteiger partial charge in [-0.15, -0.1) is 0 Å². The van der Waals surface area contributed by atoms with Crippen molar-refractivity contribution in [2.24, 2.45) is 0 Å². The summed E-state index contributed by atoms with van der Waals surface area (Å²) in [5.74, 6) is -1.46. The minimum atomic E-state index is -0.602. The SMILES string of the molecule is O=C(/C=C/c1ccccc1)NCCC(=O)OCC(=O)Nc1cccnc1Cl. The van der Waals surface area contributed by atoms with Gasteiger partial charge in [0.05, 0.1) is 12.1 Å². The molecule has 0 bridgehead atoms. The minimum Gasteiger partial charge on any atom is -0.456 e. The van der Waals surface area contributed by atoms with Crippen LogP contribution in [0, 0.1) is 0 Å². The topological polar surface area (TPSA) is 97.4 Å². The highest BCUT2D eigenvalue weighted by atomic mass is 35.5. The Hall–Kier alpha value is -3.19. The van der Waals surface area contributed by atoms with Crippen molar-refractivity contribution >= 4 is 41.1 Å². The van der Waals surface area contributed by atoms with E-state index >= 15 is 0 Å². The Labute approximate surface area is 161 Å². The maximum absolute atomic E-state index is 11.7. The normalized spacial score (nSPS) is 10.4. The number of anilines is 1. The third-order valence-corrected chi connectivity index (χ3v) is 3.55. The summed E-state index contributed by atoms with van der Waals surface area (Å²) < 4.78 is 4.84. The molecule has 2 N–H and O–H groups in total. The van der Waals surface area contributed by atoms with Crippen molar-refractivity contribution in [2.45, 2.75) is 6.42 Å². The number of esters is 1. The molecule has 0 aliphatic rings. The van der Waals surface area contributed by atoms with E-state index in [1.54, 1.807) is 18.2 Å². The lowest BCUT2D eigenvalue weighted by atomic mass is 10.2. The average Bonchev–Trinajstić information content (AvgIpc) is 2.67. The maximum Gasteiger partial charge on any atom is 0.308 e. The molecule has 0 spiro atoms. The minimum absolute atomic E-state index is 0.0498. The molecule has 8 heteroatoms. The molecular weight excluding hydrogens is 370 g/mol. The third kappa shape index (κ3) is 7.70. The first-order valence-electron chi connectivity index (χ1n) is 8.11. The molecule has 0 unspecified atom stereocenters. The Balaban J connectivity index is 1.63. The molecule has 0 saturated carbocycles. The summed E-state index contributed by atoms with van der Waals surface area (Å²) in [6, 6.07) is 12.5. The zero-order chi connectivity index (χ0) is 19.5. The number of rotatable bonds is 8. The fraction of sp³-hybridized carbons (Fsp3) is 0.158. The predicted octanol–water partition coefficient (Wildman–Crippen LogP) is 2.44. The number of ether oxygens (including phenoxy) is 1. The van der Waals surface area contributed by atoms with Gasteiger partial charge in [-0.2, -0.15) is 0 Å². The van der Waals surface area contributed by atoms with E-state index in [0.717, 1.165) is 5.56 Å². The molecule has 0 fully saturated rings.